The molecule has 1 fully saturated rings. The lowest BCUT2D eigenvalue weighted by molar-refractivity contribution is -0.107. The molecule has 0 spiro atoms. The molecule has 3 aromatic rings. The number of rotatable bonds is 11. The summed E-state index contributed by atoms with van der Waals surface area (Å²) in [7, 11) is -3.05. The van der Waals surface area contributed by atoms with Crippen LogP contribution in [0.1, 0.15) is 49.4 Å². The zero-order chi connectivity index (χ0) is 30.1. The standard InChI is InChI=1S/C31H35F4N3O3S/c1-3-30-19-23-20-36-38(27-11-9-26(32)10-12-27)29(23)18-25(30)8-7-24(30)14-16-37(42(39,40)21-31(33,34)35)15-13-22-5-4-6-28(17-22)41-2/h4-6,9-12,17-18,20,24H,3,7-8,13-16,19,21H2,1-2H3/t24-,30-/m1/s1. The van der Waals surface area contributed by atoms with E-state index in [9.17, 15) is 26.0 Å². The number of alkyl halides is 3. The van der Waals surface area contributed by atoms with Crippen LogP contribution >= 0.6 is 0 Å². The summed E-state index contributed by atoms with van der Waals surface area (Å²) in [6.07, 6.45) is 3.08. The van der Waals surface area contributed by atoms with Gasteiger partial charge in [0, 0.05) is 13.1 Å². The Bertz CT molecular complexity index is 1550. The SMILES string of the molecule is CC[C@]12Cc3cnn(-c4ccc(F)cc4)c3C=C1CC[C@@H]2CCN(CCc1cccc(OC)c1)S(=O)(=O)CC(F)(F)F. The molecule has 0 aliphatic heterocycles. The van der Waals surface area contributed by atoms with Crippen molar-refractivity contribution < 1.29 is 30.7 Å². The van der Waals surface area contributed by atoms with Gasteiger partial charge in [0.2, 0.25) is 10.0 Å². The van der Waals surface area contributed by atoms with Crippen molar-refractivity contribution in [3.05, 3.63) is 82.9 Å². The molecule has 5 rings (SSSR count). The fraction of sp³-hybridized carbons (Fsp3) is 0.452. The predicted octanol–water partition coefficient (Wildman–Crippen LogP) is 6.59. The fourth-order valence-corrected chi connectivity index (χ4v) is 8.05. The van der Waals surface area contributed by atoms with Crippen LogP contribution < -0.4 is 4.74 Å². The van der Waals surface area contributed by atoms with E-state index in [-0.39, 0.29) is 36.7 Å². The molecule has 0 amide bonds. The van der Waals surface area contributed by atoms with Gasteiger partial charge in [-0.3, -0.25) is 0 Å². The summed E-state index contributed by atoms with van der Waals surface area (Å²) in [5, 5.41) is 4.57. The van der Waals surface area contributed by atoms with E-state index < -0.39 is 22.0 Å². The second-order valence-corrected chi connectivity index (χ2v) is 13.2. The van der Waals surface area contributed by atoms with Gasteiger partial charge in [-0.15, -0.1) is 0 Å². The quantitative estimate of drug-likeness (QED) is 0.231. The summed E-state index contributed by atoms with van der Waals surface area (Å²) >= 11 is 0. The van der Waals surface area contributed by atoms with Crippen molar-refractivity contribution in [2.75, 3.05) is 26.0 Å². The maximum absolute atomic E-state index is 13.5. The predicted molar refractivity (Wildman–Crippen MR) is 153 cm³/mol. The van der Waals surface area contributed by atoms with E-state index in [2.05, 4.69) is 18.1 Å². The molecule has 0 unspecified atom stereocenters. The first-order valence-electron chi connectivity index (χ1n) is 14.2. The highest BCUT2D eigenvalue weighted by atomic mass is 32.2. The van der Waals surface area contributed by atoms with E-state index in [1.54, 1.807) is 35.0 Å². The normalized spacial score (nSPS) is 20.4. The van der Waals surface area contributed by atoms with E-state index in [1.165, 1.54) is 24.8 Å². The van der Waals surface area contributed by atoms with Crippen LogP contribution in [0.15, 0.2) is 60.3 Å². The summed E-state index contributed by atoms with van der Waals surface area (Å²) in [6.45, 7) is 2.08. The van der Waals surface area contributed by atoms with E-state index >= 15 is 0 Å². The van der Waals surface area contributed by atoms with Crippen LogP contribution in [0.4, 0.5) is 17.6 Å². The smallest absolute Gasteiger partial charge is 0.404 e. The van der Waals surface area contributed by atoms with Crippen LogP contribution in [0, 0.1) is 17.2 Å². The fourth-order valence-electron chi connectivity index (χ4n) is 6.70. The summed E-state index contributed by atoms with van der Waals surface area (Å²) in [6, 6.07) is 13.3. The van der Waals surface area contributed by atoms with Gasteiger partial charge in [0.25, 0.3) is 0 Å². The average molecular weight is 606 g/mol. The Morgan fingerprint density at radius 1 is 1.14 bits per heavy atom. The molecule has 2 aromatic carbocycles. The topological polar surface area (TPSA) is 64.4 Å². The second-order valence-electron chi connectivity index (χ2n) is 11.2. The molecule has 1 saturated carbocycles. The number of fused-ring (bicyclic) bond motifs is 2. The van der Waals surface area contributed by atoms with Crippen molar-refractivity contribution >= 4 is 16.1 Å². The number of hydrogen-bond acceptors (Lipinski definition) is 4. The van der Waals surface area contributed by atoms with E-state index in [0.717, 1.165) is 52.5 Å². The van der Waals surface area contributed by atoms with Crippen molar-refractivity contribution in [2.45, 2.75) is 51.6 Å². The molecule has 1 aromatic heterocycles. The third kappa shape index (κ3) is 6.27. The van der Waals surface area contributed by atoms with Crippen molar-refractivity contribution in [3.63, 3.8) is 0 Å². The molecule has 2 aliphatic rings. The van der Waals surface area contributed by atoms with Gasteiger partial charge in [-0.25, -0.2) is 21.8 Å². The second kappa shape index (κ2) is 11.8. The van der Waals surface area contributed by atoms with Gasteiger partial charge in [0.05, 0.1) is 24.7 Å². The third-order valence-corrected chi connectivity index (χ3v) is 10.7. The highest BCUT2D eigenvalue weighted by molar-refractivity contribution is 7.89. The molecule has 42 heavy (non-hydrogen) atoms. The molecular formula is C31H35F4N3O3S. The lowest BCUT2D eigenvalue weighted by atomic mass is 9.66. The Hall–Kier alpha value is -3.18. The maximum atomic E-state index is 13.5. The Morgan fingerprint density at radius 2 is 1.90 bits per heavy atom. The zero-order valence-electron chi connectivity index (χ0n) is 23.7. The molecule has 0 saturated heterocycles. The molecule has 226 valence electrons. The average Bonchev–Trinajstić information content (AvgIpc) is 3.51. The molecule has 11 heteroatoms. The number of sulfonamides is 1. The van der Waals surface area contributed by atoms with Gasteiger partial charge in [-0.2, -0.15) is 18.3 Å². The van der Waals surface area contributed by atoms with Crippen LogP contribution in [0.25, 0.3) is 11.8 Å². The summed E-state index contributed by atoms with van der Waals surface area (Å²) in [4.78, 5) is 0. The van der Waals surface area contributed by atoms with Crippen LogP contribution in [0.3, 0.4) is 0 Å². The molecule has 1 heterocycles. The number of hydrogen-bond donors (Lipinski definition) is 0. The molecule has 2 aliphatic carbocycles. The Morgan fingerprint density at radius 3 is 2.60 bits per heavy atom. The van der Waals surface area contributed by atoms with Crippen LogP contribution in [0.2, 0.25) is 0 Å². The van der Waals surface area contributed by atoms with Crippen LogP contribution in [-0.2, 0) is 22.9 Å². The van der Waals surface area contributed by atoms with Crippen LogP contribution in [-0.4, -0.2) is 54.6 Å². The molecule has 0 N–H and O–H groups in total. The molecular weight excluding hydrogens is 570 g/mol. The summed E-state index contributed by atoms with van der Waals surface area (Å²) < 4.78 is 87.4. The first-order valence-corrected chi connectivity index (χ1v) is 15.8. The number of nitrogens with zero attached hydrogens (tertiary/aromatic N) is 3. The van der Waals surface area contributed by atoms with Gasteiger partial charge in [0.1, 0.15) is 11.6 Å². The van der Waals surface area contributed by atoms with Gasteiger partial charge in [-0.1, -0.05) is 24.6 Å². The number of aromatic nitrogens is 2. The summed E-state index contributed by atoms with van der Waals surface area (Å²) in [5.74, 6) is -1.49. The zero-order valence-corrected chi connectivity index (χ0v) is 24.5. The Kier molecular flexibility index (Phi) is 8.53. The Labute approximate surface area is 244 Å². The lowest BCUT2D eigenvalue weighted by Gasteiger charge is -2.39. The molecule has 0 radical (unpaired) electrons. The van der Waals surface area contributed by atoms with Gasteiger partial charge in [0.15, 0.2) is 5.75 Å². The largest absolute Gasteiger partial charge is 0.497 e. The minimum Gasteiger partial charge on any atom is -0.497 e. The minimum atomic E-state index is -4.83. The van der Waals surface area contributed by atoms with Crippen LogP contribution in [0.5, 0.6) is 5.75 Å². The number of benzene rings is 2. The Balaban J connectivity index is 1.36. The van der Waals surface area contributed by atoms with E-state index in [0.29, 0.717) is 12.2 Å². The van der Waals surface area contributed by atoms with E-state index in [4.69, 9.17) is 4.74 Å². The van der Waals surface area contributed by atoms with Crippen molar-refractivity contribution in [3.8, 4) is 11.4 Å². The number of methoxy groups -OCH3 is 1. The maximum Gasteiger partial charge on any atom is 0.404 e. The highest BCUT2D eigenvalue weighted by Crippen LogP contribution is 2.56. The first kappa shape index (κ1) is 30.3. The van der Waals surface area contributed by atoms with E-state index in [1.807, 2.05) is 12.3 Å². The van der Waals surface area contributed by atoms with Gasteiger partial charge in [-0.05, 0) is 103 Å². The molecule has 6 nitrogen and oxygen atoms in total. The van der Waals surface area contributed by atoms with Crippen molar-refractivity contribution in [1.29, 1.82) is 0 Å². The molecule has 0 bridgehead atoms. The first-order chi connectivity index (χ1) is 19.9. The number of allylic oxidation sites excluding steroid dienone is 1. The number of halogens is 4. The molecule has 2 atom stereocenters. The van der Waals surface area contributed by atoms with Crippen molar-refractivity contribution in [2.24, 2.45) is 11.3 Å². The highest BCUT2D eigenvalue weighted by Gasteiger charge is 2.48. The lowest BCUT2D eigenvalue weighted by Crippen LogP contribution is -2.41. The number of ether oxygens (including phenoxy) is 1. The van der Waals surface area contributed by atoms with Gasteiger partial charge < -0.3 is 4.74 Å². The van der Waals surface area contributed by atoms with Gasteiger partial charge >= 0.3 is 6.18 Å². The third-order valence-electron chi connectivity index (χ3n) is 8.84. The minimum absolute atomic E-state index is 0.0176. The van der Waals surface area contributed by atoms with Crippen molar-refractivity contribution in [1.82, 2.24) is 14.1 Å². The monoisotopic (exact) mass is 605 g/mol. The summed E-state index contributed by atoms with van der Waals surface area (Å²) in [5.41, 5.74) is 4.60.